The number of allylic oxidation sites excluding steroid dienone is 2. The van der Waals surface area contributed by atoms with Gasteiger partial charge >= 0.3 is 5.97 Å². The van der Waals surface area contributed by atoms with Gasteiger partial charge in [0.1, 0.15) is 0 Å². The Morgan fingerprint density at radius 3 is 2.38 bits per heavy atom. The average Bonchev–Trinajstić information content (AvgIpc) is 3.26. The van der Waals surface area contributed by atoms with Crippen molar-refractivity contribution in [1.82, 2.24) is 0 Å². The van der Waals surface area contributed by atoms with Crippen molar-refractivity contribution in [3.63, 3.8) is 0 Å². The minimum absolute atomic E-state index is 0.0259. The molecule has 0 spiro atoms. The second-order valence-corrected chi connectivity index (χ2v) is 7.20. The van der Waals surface area contributed by atoms with Gasteiger partial charge in [-0.2, -0.15) is 0 Å². The van der Waals surface area contributed by atoms with Gasteiger partial charge in [0.2, 0.25) is 5.75 Å². The van der Waals surface area contributed by atoms with Gasteiger partial charge in [-0.25, -0.2) is 4.79 Å². The lowest BCUT2D eigenvalue weighted by Crippen LogP contribution is -2.30. The zero-order valence-corrected chi connectivity index (χ0v) is 17.0. The average molecular weight is 395 g/mol. The van der Waals surface area contributed by atoms with Gasteiger partial charge in [-0.3, -0.25) is 0 Å². The molecule has 2 aromatic carbocycles. The molecule has 0 amide bonds. The molecule has 4 rings (SSSR count). The monoisotopic (exact) mass is 395 g/mol. The van der Waals surface area contributed by atoms with E-state index in [9.17, 15) is 4.79 Å². The first kappa shape index (κ1) is 19.2. The van der Waals surface area contributed by atoms with E-state index in [-0.39, 0.29) is 17.9 Å². The molecule has 0 bridgehead atoms. The smallest absolute Gasteiger partial charge is 0.339 e. The lowest BCUT2D eigenvalue weighted by Gasteiger charge is -2.38. The number of hydrogen-bond donors (Lipinski definition) is 1. The fourth-order valence-electron chi connectivity index (χ4n) is 4.51. The van der Waals surface area contributed by atoms with E-state index in [1.165, 1.54) is 7.11 Å². The third-order valence-corrected chi connectivity index (χ3v) is 5.85. The van der Waals surface area contributed by atoms with Crippen molar-refractivity contribution in [3.8, 4) is 17.2 Å². The number of para-hydroxylation sites is 1. The predicted molar refractivity (Wildman–Crippen MR) is 110 cm³/mol. The van der Waals surface area contributed by atoms with Crippen molar-refractivity contribution in [2.75, 3.05) is 33.8 Å². The van der Waals surface area contributed by atoms with Crippen LogP contribution in [0.3, 0.4) is 0 Å². The molecule has 2 aliphatic rings. The Kier molecular flexibility index (Phi) is 5.09. The Balaban J connectivity index is 1.84. The fourth-order valence-corrected chi connectivity index (χ4v) is 4.51. The lowest BCUT2D eigenvalue weighted by molar-refractivity contribution is 0.0601. The first-order valence-corrected chi connectivity index (χ1v) is 9.57. The van der Waals surface area contributed by atoms with Gasteiger partial charge in [0.05, 0.1) is 45.7 Å². The van der Waals surface area contributed by atoms with Gasteiger partial charge in [-0.05, 0) is 41.7 Å². The van der Waals surface area contributed by atoms with Crippen LogP contribution in [0.15, 0.2) is 42.5 Å². The summed E-state index contributed by atoms with van der Waals surface area (Å²) in [4.78, 5) is 12.4. The molecular formula is C23H25NO5. The quantitative estimate of drug-likeness (QED) is 0.601. The number of benzene rings is 2. The number of ether oxygens (including phenoxy) is 4. The molecule has 1 N–H and O–H groups in total. The second-order valence-electron chi connectivity index (χ2n) is 7.20. The number of fused-ring (bicyclic) bond motifs is 3. The molecule has 0 saturated carbocycles. The Morgan fingerprint density at radius 2 is 1.76 bits per heavy atom. The van der Waals surface area contributed by atoms with Crippen LogP contribution in [0.1, 0.15) is 39.9 Å². The summed E-state index contributed by atoms with van der Waals surface area (Å²) in [5, 5.41) is 3.62. The molecule has 29 heavy (non-hydrogen) atoms. The van der Waals surface area contributed by atoms with Crippen LogP contribution in [-0.4, -0.2) is 34.4 Å². The summed E-state index contributed by atoms with van der Waals surface area (Å²) in [6, 6.07) is 9.70. The predicted octanol–water partition coefficient (Wildman–Crippen LogP) is 4.33. The van der Waals surface area contributed by atoms with E-state index in [2.05, 4.69) is 23.5 Å². The maximum Gasteiger partial charge on any atom is 0.339 e. The largest absolute Gasteiger partial charge is 0.493 e. The van der Waals surface area contributed by atoms with Crippen LogP contribution in [0.25, 0.3) is 0 Å². The Bertz CT molecular complexity index is 943. The van der Waals surface area contributed by atoms with Gasteiger partial charge < -0.3 is 24.3 Å². The first-order valence-electron chi connectivity index (χ1n) is 9.57. The number of hydrogen-bond acceptors (Lipinski definition) is 6. The van der Waals surface area contributed by atoms with E-state index in [0.717, 1.165) is 23.2 Å². The van der Waals surface area contributed by atoms with Crippen LogP contribution in [0.5, 0.6) is 17.2 Å². The van der Waals surface area contributed by atoms with E-state index in [1.807, 2.05) is 18.2 Å². The van der Waals surface area contributed by atoms with Gasteiger partial charge in [0.25, 0.3) is 0 Å². The molecule has 0 aromatic heterocycles. The van der Waals surface area contributed by atoms with Crippen LogP contribution in [0.4, 0.5) is 5.69 Å². The van der Waals surface area contributed by atoms with Gasteiger partial charge in [-0.15, -0.1) is 0 Å². The SMILES string of the molecule is COC(=O)c1cccc2c1NC(c1cc(OC)c(OC)c(OC)c1)C1CC=CC21. The summed E-state index contributed by atoms with van der Waals surface area (Å²) in [5.41, 5.74) is 3.51. The molecule has 6 nitrogen and oxygen atoms in total. The third kappa shape index (κ3) is 3.09. The highest BCUT2D eigenvalue weighted by molar-refractivity contribution is 5.97. The molecule has 3 atom stereocenters. The maximum atomic E-state index is 12.4. The molecule has 2 aromatic rings. The highest BCUT2D eigenvalue weighted by Gasteiger charge is 2.40. The summed E-state index contributed by atoms with van der Waals surface area (Å²) in [6.45, 7) is 0. The van der Waals surface area contributed by atoms with Gasteiger partial charge in [-0.1, -0.05) is 24.3 Å². The summed E-state index contributed by atoms with van der Waals surface area (Å²) in [5.74, 6) is 1.97. The standard InChI is InChI=1S/C23H25NO5/c1-26-18-11-13(12-19(27-2)22(18)28-3)20-15-8-5-7-14(15)16-9-6-10-17(21(16)24-20)23(25)29-4/h5-7,9-12,14-15,20,24H,8H2,1-4H3. The van der Waals surface area contributed by atoms with Crippen molar-refractivity contribution >= 4 is 11.7 Å². The van der Waals surface area contributed by atoms with E-state index >= 15 is 0 Å². The van der Waals surface area contributed by atoms with Crippen LogP contribution < -0.4 is 19.5 Å². The van der Waals surface area contributed by atoms with Crippen molar-refractivity contribution in [3.05, 3.63) is 59.2 Å². The molecular weight excluding hydrogens is 370 g/mol. The van der Waals surface area contributed by atoms with Crippen LogP contribution in [0.2, 0.25) is 0 Å². The van der Waals surface area contributed by atoms with Gasteiger partial charge in [0, 0.05) is 5.92 Å². The third-order valence-electron chi connectivity index (χ3n) is 5.85. The molecule has 0 radical (unpaired) electrons. The second kappa shape index (κ2) is 7.70. The molecule has 1 aliphatic carbocycles. The Labute approximate surface area is 170 Å². The van der Waals surface area contributed by atoms with E-state index in [0.29, 0.717) is 28.7 Å². The highest BCUT2D eigenvalue weighted by Crippen LogP contribution is 2.52. The summed E-state index contributed by atoms with van der Waals surface area (Å²) in [6.07, 6.45) is 5.39. The molecule has 1 aliphatic heterocycles. The Morgan fingerprint density at radius 1 is 1.03 bits per heavy atom. The summed E-state index contributed by atoms with van der Waals surface area (Å²) >= 11 is 0. The van der Waals surface area contributed by atoms with Crippen molar-refractivity contribution in [1.29, 1.82) is 0 Å². The number of methoxy groups -OCH3 is 4. The van der Waals surface area contributed by atoms with Gasteiger partial charge in [0.15, 0.2) is 11.5 Å². The number of esters is 1. The molecule has 1 heterocycles. The number of rotatable bonds is 5. The fraction of sp³-hybridized carbons (Fsp3) is 0.348. The summed E-state index contributed by atoms with van der Waals surface area (Å²) in [7, 11) is 6.22. The number of carbonyl (C=O) groups is 1. The Hall–Kier alpha value is -3.15. The zero-order chi connectivity index (χ0) is 20.5. The number of carbonyl (C=O) groups excluding carboxylic acids is 1. The maximum absolute atomic E-state index is 12.4. The zero-order valence-electron chi connectivity index (χ0n) is 17.0. The van der Waals surface area contributed by atoms with Crippen LogP contribution >= 0.6 is 0 Å². The normalized spacial score (nSPS) is 21.6. The van der Waals surface area contributed by atoms with E-state index in [1.54, 1.807) is 27.4 Å². The summed E-state index contributed by atoms with van der Waals surface area (Å²) < 4.78 is 21.6. The minimum atomic E-state index is -0.349. The molecule has 0 fully saturated rings. The molecule has 6 heteroatoms. The van der Waals surface area contributed by atoms with E-state index < -0.39 is 0 Å². The molecule has 152 valence electrons. The van der Waals surface area contributed by atoms with Crippen LogP contribution in [-0.2, 0) is 4.74 Å². The highest BCUT2D eigenvalue weighted by atomic mass is 16.5. The lowest BCUT2D eigenvalue weighted by atomic mass is 9.76. The van der Waals surface area contributed by atoms with Crippen molar-refractivity contribution in [2.45, 2.75) is 18.4 Å². The molecule has 0 saturated heterocycles. The van der Waals surface area contributed by atoms with Crippen molar-refractivity contribution < 1.29 is 23.7 Å². The topological polar surface area (TPSA) is 66.0 Å². The number of anilines is 1. The van der Waals surface area contributed by atoms with Crippen molar-refractivity contribution in [2.24, 2.45) is 5.92 Å². The number of nitrogens with one attached hydrogen (secondary N) is 1. The minimum Gasteiger partial charge on any atom is -0.493 e. The van der Waals surface area contributed by atoms with E-state index in [4.69, 9.17) is 18.9 Å². The first-order chi connectivity index (χ1) is 14.1. The molecule has 3 unspecified atom stereocenters. The van der Waals surface area contributed by atoms with Crippen LogP contribution in [0, 0.1) is 5.92 Å².